The van der Waals surface area contributed by atoms with Gasteiger partial charge in [0.05, 0.1) is 4.92 Å². The van der Waals surface area contributed by atoms with E-state index in [0.717, 1.165) is 12.1 Å². The van der Waals surface area contributed by atoms with Gasteiger partial charge < -0.3 is 4.74 Å². The molecule has 0 aliphatic rings. The van der Waals surface area contributed by atoms with E-state index in [2.05, 4.69) is 0 Å². The molecule has 20 heavy (non-hydrogen) atoms. The van der Waals surface area contributed by atoms with Crippen LogP contribution in [0.1, 0.15) is 17.3 Å². The van der Waals surface area contributed by atoms with Crippen LogP contribution in [0.3, 0.4) is 0 Å². The van der Waals surface area contributed by atoms with Gasteiger partial charge >= 0.3 is 5.69 Å². The second-order valence-corrected chi connectivity index (χ2v) is 4.06. The molecule has 0 spiro atoms. The molecule has 0 saturated heterocycles. The molecular weight excluding hydrogens is 265 g/mol. The molecule has 2 aromatic rings. The number of halogens is 1. The van der Waals surface area contributed by atoms with Crippen molar-refractivity contribution >= 4 is 11.5 Å². The lowest BCUT2D eigenvalue weighted by Gasteiger charge is -2.07. The molecule has 0 heterocycles. The van der Waals surface area contributed by atoms with Gasteiger partial charge in [-0.05, 0) is 31.2 Å². The van der Waals surface area contributed by atoms with Crippen LogP contribution in [0.5, 0.6) is 11.5 Å². The zero-order chi connectivity index (χ0) is 14.7. The van der Waals surface area contributed by atoms with Gasteiger partial charge in [0.1, 0.15) is 11.6 Å². The van der Waals surface area contributed by atoms with Gasteiger partial charge in [-0.3, -0.25) is 14.9 Å². The molecule has 0 aliphatic carbocycles. The van der Waals surface area contributed by atoms with E-state index in [0.29, 0.717) is 0 Å². The summed E-state index contributed by atoms with van der Waals surface area (Å²) in [5.41, 5.74) is -0.134. The van der Waals surface area contributed by atoms with Crippen LogP contribution in [-0.2, 0) is 0 Å². The van der Waals surface area contributed by atoms with Crippen LogP contribution in [0.4, 0.5) is 10.1 Å². The zero-order valence-corrected chi connectivity index (χ0v) is 10.5. The van der Waals surface area contributed by atoms with Crippen molar-refractivity contribution in [1.29, 1.82) is 0 Å². The van der Waals surface area contributed by atoms with E-state index >= 15 is 0 Å². The topological polar surface area (TPSA) is 69.4 Å². The molecule has 0 radical (unpaired) electrons. The number of nitro groups is 1. The third kappa shape index (κ3) is 2.97. The molecule has 0 aromatic heterocycles. The van der Waals surface area contributed by atoms with Crippen LogP contribution in [0.2, 0.25) is 0 Å². The summed E-state index contributed by atoms with van der Waals surface area (Å²) in [6.45, 7) is 1.31. The Morgan fingerprint density at radius 3 is 2.60 bits per heavy atom. The first-order chi connectivity index (χ1) is 9.47. The minimum Gasteiger partial charge on any atom is -0.450 e. The van der Waals surface area contributed by atoms with E-state index in [1.807, 2.05) is 0 Å². The number of carbonyl (C=O) groups excluding carboxylic acids is 1. The molecule has 6 heteroatoms. The molecule has 0 aliphatic heterocycles. The summed E-state index contributed by atoms with van der Waals surface area (Å²) in [7, 11) is 0. The smallest absolute Gasteiger partial charge is 0.312 e. The zero-order valence-electron chi connectivity index (χ0n) is 10.5. The Balaban J connectivity index is 2.41. The largest absolute Gasteiger partial charge is 0.450 e. The first-order valence-corrected chi connectivity index (χ1v) is 5.70. The Hall–Kier alpha value is -2.76. The van der Waals surface area contributed by atoms with E-state index < -0.39 is 10.7 Å². The van der Waals surface area contributed by atoms with Crippen molar-refractivity contribution < 1.29 is 18.8 Å². The number of ketones is 1. The molecule has 0 atom stereocenters. The molecule has 0 bridgehead atoms. The van der Waals surface area contributed by atoms with Crippen LogP contribution < -0.4 is 4.74 Å². The monoisotopic (exact) mass is 275 g/mol. The number of hydrogen-bond donors (Lipinski definition) is 0. The summed E-state index contributed by atoms with van der Waals surface area (Å²) in [4.78, 5) is 21.6. The van der Waals surface area contributed by atoms with Crippen molar-refractivity contribution in [2.24, 2.45) is 0 Å². The highest BCUT2D eigenvalue weighted by Crippen LogP contribution is 2.32. The minimum atomic E-state index is -0.652. The molecule has 0 fully saturated rings. The Morgan fingerprint density at radius 2 is 2.00 bits per heavy atom. The maximum Gasteiger partial charge on any atom is 0.312 e. The molecule has 0 N–H and O–H groups in total. The molecule has 2 rings (SSSR count). The standard InChI is InChI=1S/C14H10FNO4/c1-9(17)10-5-6-14(13(7-10)16(18)19)20-12-4-2-3-11(15)8-12/h2-8H,1H3. The third-order valence-corrected chi connectivity index (χ3v) is 2.59. The van der Waals surface area contributed by atoms with Crippen LogP contribution in [0, 0.1) is 15.9 Å². The predicted molar refractivity (Wildman–Crippen MR) is 69.6 cm³/mol. The summed E-state index contributed by atoms with van der Waals surface area (Å²) in [5.74, 6) is -0.704. The first-order valence-electron chi connectivity index (χ1n) is 5.70. The number of Topliss-reactive ketones (excluding diaryl/α,β-unsaturated/α-hetero) is 1. The van der Waals surface area contributed by atoms with Crippen LogP contribution >= 0.6 is 0 Å². The SMILES string of the molecule is CC(=O)c1ccc(Oc2cccc(F)c2)c([N+](=O)[O-])c1. The molecular formula is C14H10FNO4. The predicted octanol–water partition coefficient (Wildman–Crippen LogP) is 3.73. The van der Waals surface area contributed by atoms with Crippen molar-refractivity contribution in [3.05, 3.63) is 64.0 Å². The normalized spacial score (nSPS) is 10.1. The fraction of sp³-hybridized carbons (Fsp3) is 0.0714. The highest BCUT2D eigenvalue weighted by Gasteiger charge is 2.18. The summed E-state index contributed by atoms with van der Waals surface area (Å²) in [5, 5.41) is 11.0. The van der Waals surface area contributed by atoms with E-state index in [-0.39, 0.29) is 28.5 Å². The number of ether oxygens (including phenoxy) is 1. The summed E-state index contributed by atoms with van der Waals surface area (Å²) < 4.78 is 18.3. The molecule has 0 amide bonds. The van der Waals surface area contributed by atoms with Crippen molar-refractivity contribution in [1.82, 2.24) is 0 Å². The number of rotatable bonds is 4. The number of nitrogens with zero attached hydrogens (tertiary/aromatic N) is 1. The van der Waals surface area contributed by atoms with Crippen molar-refractivity contribution in [3.8, 4) is 11.5 Å². The Morgan fingerprint density at radius 1 is 1.25 bits per heavy atom. The van der Waals surface area contributed by atoms with Crippen molar-refractivity contribution in [2.75, 3.05) is 0 Å². The lowest BCUT2D eigenvalue weighted by Crippen LogP contribution is -1.98. The van der Waals surface area contributed by atoms with Crippen LogP contribution in [0.15, 0.2) is 42.5 Å². The Bertz CT molecular complexity index is 685. The van der Waals surface area contributed by atoms with Gasteiger partial charge in [-0.25, -0.2) is 4.39 Å². The van der Waals surface area contributed by atoms with Gasteiger partial charge in [-0.2, -0.15) is 0 Å². The van der Waals surface area contributed by atoms with Gasteiger partial charge in [-0.1, -0.05) is 6.07 Å². The molecule has 2 aromatic carbocycles. The fourth-order valence-corrected chi connectivity index (χ4v) is 1.62. The van der Waals surface area contributed by atoms with Crippen LogP contribution in [-0.4, -0.2) is 10.7 Å². The van der Waals surface area contributed by atoms with E-state index in [9.17, 15) is 19.3 Å². The maximum atomic E-state index is 13.0. The summed E-state index contributed by atoms with van der Waals surface area (Å²) in [6, 6.07) is 9.13. The quantitative estimate of drug-likeness (QED) is 0.484. The number of hydrogen-bond acceptors (Lipinski definition) is 4. The summed E-state index contributed by atoms with van der Waals surface area (Å²) >= 11 is 0. The maximum absolute atomic E-state index is 13.0. The van der Waals surface area contributed by atoms with Gasteiger partial charge in [-0.15, -0.1) is 0 Å². The van der Waals surface area contributed by atoms with E-state index in [1.165, 1.54) is 37.3 Å². The molecule has 0 saturated carbocycles. The lowest BCUT2D eigenvalue weighted by atomic mass is 10.1. The number of carbonyl (C=O) groups is 1. The van der Waals surface area contributed by atoms with Crippen molar-refractivity contribution in [2.45, 2.75) is 6.92 Å². The molecule has 5 nitrogen and oxygen atoms in total. The second-order valence-electron chi connectivity index (χ2n) is 4.06. The van der Waals surface area contributed by atoms with Crippen molar-refractivity contribution in [3.63, 3.8) is 0 Å². The Labute approximate surface area is 113 Å². The van der Waals surface area contributed by atoms with Gasteiger partial charge in [0.2, 0.25) is 5.75 Å². The minimum absolute atomic E-state index is 0.0504. The average Bonchev–Trinajstić information content (AvgIpc) is 2.38. The Kier molecular flexibility index (Phi) is 3.74. The summed E-state index contributed by atoms with van der Waals surface area (Å²) in [6.07, 6.45) is 0. The van der Waals surface area contributed by atoms with Gasteiger partial charge in [0, 0.05) is 17.7 Å². The second kappa shape index (κ2) is 5.48. The first kappa shape index (κ1) is 13.7. The number of nitro benzene ring substituents is 1. The molecule has 102 valence electrons. The highest BCUT2D eigenvalue weighted by atomic mass is 19.1. The third-order valence-electron chi connectivity index (χ3n) is 2.59. The van der Waals surface area contributed by atoms with E-state index in [4.69, 9.17) is 4.74 Å². The van der Waals surface area contributed by atoms with E-state index in [1.54, 1.807) is 0 Å². The number of benzene rings is 2. The van der Waals surface area contributed by atoms with Crippen LogP contribution in [0.25, 0.3) is 0 Å². The highest BCUT2D eigenvalue weighted by molar-refractivity contribution is 5.95. The van der Waals surface area contributed by atoms with Gasteiger partial charge in [0.15, 0.2) is 5.78 Å². The van der Waals surface area contributed by atoms with Gasteiger partial charge in [0.25, 0.3) is 0 Å². The fourth-order valence-electron chi connectivity index (χ4n) is 1.62. The lowest BCUT2D eigenvalue weighted by molar-refractivity contribution is -0.385. The molecule has 0 unspecified atom stereocenters. The average molecular weight is 275 g/mol.